The summed E-state index contributed by atoms with van der Waals surface area (Å²) in [7, 11) is 3.71. The number of likely N-dealkylation sites (N-methyl/N-ethyl adjacent to an activating group) is 2. The molecule has 1 fully saturated rings. The normalized spacial score (nSPS) is 21.8. The molecule has 1 amide bonds. The number of hydrogen-bond donors (Lipinski definition) is 1. The van der Waals surface area contributed by atoms with E-state index in [0.717, 1.165) is 26.2 Å². The second-order valence-electron chi connectivity index (χ2n) is 4.83. The van der Waals surface area contributed by atoms with Crippen molar-refractivity contribution in [2.75, 3.05) is 33.7 Å². The van der Waals surface area contributed by atoms with Crippen LogP contribution in [-0.2, 0) is 11.3 Å². The summed E-state index contributed by atoms with van der Waals surface area (Å²) in [6, 6.07) is 10.4. The van der Waals surface area contributed by atoms with E-state index in [2.05, 4.69) is 39.4 Å². The smallest absolute Gasteiger partial charge is 0.238 e. The standard InChI is InChI=1S/C14H21N3O/c1-15-14(18)13-11-17(9-8-16(13)2)10-12-6-4-3-5-7-12/h3-7,13H,8-11H2,1-2H3,(H,15,18). The molecule has 1 atom stereocenters. The summed E-state index contributed by atoms with van der Waals surface area (Å²) in [6.45, 7) is 3.66. The van der Waals surface area contributed by atoms with Crippen LogP contribution in [0.2, 0.25) is 0 Å². The zero-order valence-electron chi connectivity index (χ0n) is 11.1. The number of nitrogens with one attached hydrogen (secondary N) is 1. The average molecular weight is 247 g/mol. The Hall–Kier alpha value is -1.39. The summed E-state index contributed by atoms with van der Waals surface area (Å²) < 4.78 is 0. The van der Waals surface area contributed by atoms with Gasteiger partial charge in [-0.3, -0.25) is 14.6 Å². The summed E-state index contributed by atoms with van der Waals surface area (Å²) in [6.07, 6.45) is 0. The molecular formula is C14H21N3O. The predicted molar refractivity (Wildman–Crippen MR) is 72.2 cm³/mol. The summed E-state index contributed by atoms with van der Waals surface area (Å²) in [5.74, 6) is 0.107. The zero-order valence-corrected chi connectivity index (χ0v) is 11.1. The van der Waals surface area contributed by atoms with Crippen molar-refractivity contribution in [1.82, 2.24) is 15.1 Å². The van der Waals surface area contributed by atoms with Crippen molar-refractivity contribution < 1.29 is 4.79 Å². The van der Waals surface area contributed by atoms with E-state index in [9.17, 15) is 4.79 Å². The molecule has 1 unspecified atom stereocenters. The van der Waals surface area contributed by atoms with E-state index in [4.69, 9.17) is 0 Å². The van der Waals surface area contributed by atoms with Crippen molar-refractivity contribution in [2.45, 2.75) is 12.6 Å². The van der Waals surface area contributed by atoms with Gasteiger partial charge in [0.2, 0.25) is 5.91 Å². The molecule has 2 rings (SSSR count). The van der Waals surface area contributed by atoms with Crippen molar-refractivity contribution in [3.05, 3.63) is 35.9 Å². The van der Waals surface area contributed by atoms with Crippen LogP contribution < -0.4 is 5.32 Å². The Morgan fingerprint density at radius 3 is 2.72 bits per heavy atom. The number of piperazine rings is 1. The Labute approximate surface area is 109 Å². The number of hydrogen-bond acceptors (Lipinski definition) is 3. The Morgan fingerprint density at radius 1 is 1.33 bits per heavy atom. The molecule has 0 radical (unpaired) electrons. The minimum atomic E-state index is -0.0348. The highest BCUT2D eigenvalue weighted by atomic mass is 16.2. The first-order chi connectivity index (χ1) is 8.70. The van der Waals surface area contributed by atoms with Gasteiger partial charge in [-0.1, -0.05) is 30.3 Å². The molecule has 98 valence electrons. The molecule has 1 saturated heterocycles. The van der Waals surface area contributed by atoms with Crippen LogP contribution >= 0.6 is 0 Å². The van der Waals surface area contributed by atoms with Crippen LogP contribution in [0.25, 0.3) is 0 Å². The quantitative estimate of drug-likeness (QED) is 0.847. The van der Waals surface area contributed by atoms with Gasteiger partial charge in [-0.25, -0.2) is 0 Å². The highest BCUT2D eigenvalue weighted by Crippen LogP contribution is 2.11. The molecular weight excluding hydrogens is 226 g/mol. The first-order valence-corrected chi connectivity index (χ1v) is 6.39. The van der Waals surface area contributed by atoms with Crippen LogP contribution in [0.15, 0.2) is 30.3 Å². The van der Waals surface area contributed by atoms with E-state index >= 15 is 0 Å². The lowest BCUT2D eigenvalue weighted by atomic mass is 10.1. The summed E-state index contributed by atoms with van der Waals surface area (Å²) in [5, 5.41) is 2.74. The van der Waals surface area contributed by atoms with Gasteiger partial charge in [-0.2, -0.15) is 0 Å². The third-order valence-electron chi connectivity index (χ3n) is 3.53. The van der Waals surface area contributed by atoms with Crippen LogP contribution in [0.4, 0.5) is 0 Å². The minimum Gasteiger partial charge on any atom is -0.358 e. The molecule has 1 aromatic rings. The first-order valence-electron chi connectivity index (χ1n) is 6.39. The molecule has 0 aromatic heterocycles. The Balaban J connectivity index is 1.97. The van der Waals surface area contributed by atoms with Gasteiger partial charge in [0.15, 0.2) is 0 Å². The lowest BCUT2D eigenvalue weighted by Crippen LogP contribution is -2.56. The number of rotatable bonds is 3. The highest BCUT2D eigenvalue weighted by Gasteiger charge is 2.29. The largest absolute Gasteiger partial charge is 0.358 e. The van der Waals surface area contributed by atoms with Crippen molar-refractivity contribution in [2.24, 2.45) is 0 Å². The molecule has 0 aliphatic carbocycles. The monoisotopic (exact) mass is 247 g/mol. The molecule has 4 nitrogen and oxygen atoms in total. The average Bonchev–Trinajstić information content (AvgIpc) is 2.41. The van der Waals surface area contributed by atoms with Crippen LogP contribution in [-0.4, -0.2) is 55.5 Å². The van der Waals surface area contributed by atoms with Gasteiger partial charge in [0, 0.05) is 33.2 Å². The fraction of sp³-hybridized carbons (Fsp3) is 0.500. The molecule has 1 aromatic carbocycles. The van der Waals surface area contributed by atoms with Crippen LogP contribution in [0.1, 0.15) is 5.56 Å². The third-order valence-corrected chi connectivity index (χ3v) is 3.53. The lowest BCUT2D eigenvalue weighted by molar-refractivity contribution is -0.127. The maximum Gasteiger partial charge on any atom is 0.238 e. The van der Waals surface area contributed by atoms with Crippen LogP contribution in [0.3, 0.4) is 0 Å². The summed E-state index contributed by atoms with van der Waals surface area (Å²) in [5.41, 5.74) is 1.30. The molecule has 1 aliphatic rings. The number of benzene rings is 1. The van der Waals surface area contributed by atoms with Crippen LogP contribution in [0, 0.1) is 0 Å². The molecule has 0 spiro atoms. The van der Waals surface area contributed by atoms with Gasteiger partial charge in [0.1, 0.15) is 6.04 Å². The van der Waals surface area contributed by atoms with Crippen molar-refractivity contribution in [3.8, 4) is 0 Å². The molecule has 1 aliphatic heterocycles. The zero-order chi connectivity index (χ0) is 13.0. The fourth-order valence-corrected chi connectivity index (χ4v) is 2.37. The lowest BCUT2D eigenvalue weighted by Gasteiger charge is -2.38. The number of carbonyl (C=O) groups excluding carboxylic acids is 1. The second-order valence-corrected chi connectivity index (χ2v) is 4.83. The highest BCUT2D eigenvalue weighted by molar-refractivity contribution is 5.81. The maximum absolute atomic E-state index is 11.8. The van der Waals surface area contributed by atoms with Crippen molar-refractivity contribution in [1.29, 1.82) is 0 Å². The van der Waals surface area contributed by atoms with E-state index in [1.165, 1.54) is 5.56 Å². The molecule has 0 bridgehead atoms. The van der Waals surface area contributed by atoms with Gasteiger partial charge in [0.25, 0.3) is 0 Å². The van der Waals surface area contributed by atoms with E-state index in [1.54, 1.807) is 7.05 Å². The third kappa shape index (κ3) is 3.09. The Bertz CT molecular complexity index is 393. The number of nitrogens with zero attached hydrogens (tertiary/aromatic N) is 2. The molecule has 4 heteroatoms. The van der Waals surface area contributed by atoms with Gasteiger partial charge in [0.05, 0.1) is 0 Å². The number of carbonyl (C=O) groups is 1. The Kier molecular flexibility index (Phi) is 4.33. The van der Waals surface area contributed by atoms with E-state index in [-0.39, 0.29) is 11.9 Å². The van der Waals surface area contributed by atoms with Gasteiger partial charge in [-0.15, -0.1) is 0 Å². The van der Waals surface area contributed by atoms with Gasteiger partial charge in [-0.05, 0) is 12.6 Å². The van der Waals surface area contributed by atoms with Crippen molar-refractivity contribution >= 4 is 5.91 Å². The van der Waals surface area contributed by atoms with Gasteiger partial charge >= 0.3 is 0 Å². The minimum absolute atomic E-state index is 0.0348. The first kappa shape index (κ1) is 13.1. The number of amides is 1. The van der Waals surface area contributed by atoms with Crippen LogP contribution in [0.5, 0.6) is 0 Å². The maximum atomic E-state index is 11.8. The summed E-state index contributed by atoms with van der Waals surface area (Å²) in [4.78, 5) is 16.3. The Morgan fingerprint density at radius 2 is 2.06 bits per heavy atom. The second kappa shape index (κ2) is 5.98. The van der Waals surface area contributed by atoms with E-state index < -0.39 is 0 Å². The predicted octanol–water partition coefficient (Wildman–Crippen LogP) is 0.549. The molecule has 0 saturated carbocycles. The summed E-state index contributed by atoms with van der Waals surface area (Å²) >= 11 is 0. The van der Waals surface area contributed by atoms with E-state index in [1.807, 2.05) is 13.1 Å². The topological polar surface area (TPSA) is 35.6 Å². The fourth-order valence-electron chi connectivity index (χ4n) is 2.37. The molecule has 18 heavy (non-hydrogen) atoms. The molecule has 1 N–H and O–H groups in total. The van der Waals surface area contributed by atoms with E-state index in [0.29, 0.717) is 0 Å². The molecule has 1 heterocycles. The van der Waals surface area contributed by atoms with Gasteiger partial charge < -0.3 is 5.32 Å². The SMILES string of the molecule is CNC(=O)C1CN(Cc2ccccc2)CCN1C. The van der Waals surface area contributed by atoms with Crippen molar-refractivity contribution in [3.63, 3.8) is 0 Å².